The molecule has 2 aromatic carbocycles. The minimum absolute atomic E-state index is 0.308. The fraction of sp³-hybridized carbons (Fsp3) is 0.294. The van der Waals surface area contributed by atoms with Crippen LogP contribution in [-0.4, -0.2) is 8.42 Å². The van der Waals surface area contributed by atoms with E-state index < -0.39 is 10.0 Å². The maximum Gasteiger partial charge on any atom is 0.240 e. The van der Waals surface area contributed by atoms with Crippen LogP contribution in [0.1, 0.15) is 35.4 Å². The summed E-state index contributed by atoms with van der Waals surface area (Å²) < 4.78 is 27.0. The van der Waals surface area contributed by atoms with Crippen LogP contribution < -0.4 is 4.72 Å². The van der Waals surface area contributed by atoms with E-state index in [1.54, 1.807) is 24.3 Å². The maximum atomic E-state index is 12.2. The minimum atomic E-state index is -3.44. The molecular weight excluding hydrogens is 282 g/mol. The molecule has 0 heterocycles. The lowest BCUT2D eigenvalue weighted by Crippen LogP contribution is -2.23. The van der Waals surface area contributed by atoms with Gasteiger partial charge in [-0.05, 0) is 48.9 Å². The number of hydrogen-bond donors (Lipinski definition) is 1. The Morgan fingerprint density at radius 1 is 1.00 bits per heavy atom. The van der Waals surface area contributed by atoms with Crippen LogP contribution in [0.4, 0.5) is 0 Å². The van der Waals surface area contributed by atoms with Crippen molar-refractivity contribution in [1.29, 1.82) is 0 Å². The first-order valence-electron chi connectivity index (χ1n) is 7.20. The zero-order valence-electron chi connectivity index (χ0n) is 12.0. The van der Waals surface area contributed by atoms with Crippen LogP contribution in [0, 0.1) is 6.92 Å². The van der Waals surface area contributed by atoms with Crippen LogP contribution in [0.2, 0.25) is 0 Å². The molecule has 3 nitrogen and oxygen atoms in total. The number of sulfonamides is 1. The minimum Gasteiger partial charge on any atom is -0.207 e. The SMILES string of the molecule is Cc1ccc(S(=O)(=O)NCc2ccc(C3CC3)cc2)cc1. The van der Waals surface area contributed by atoms with E-state index >= 15 is 0 Å². The molecule has 2 aromatic rings. The molecule has 1 aliphatic carbocycles. The van der Waals surface area contributed by atoms with Gasteiger partial charge in [-0.2, -0.15) is 0 Å². The van der Waals surface area contributed by atoms with Gasteiger partial charge in [0.05, 0.1) is 4.90 Å². The number of aryl methyl sites for hydroxylation is 1. The third-order valence-electron chi connectivity index (χ3n) is 3.83. The molecule has 0 atom stereocenters. The number of rotatable bonds is 5. The van der Waals surface area contributed by atoms with Gasteiger partial charge in [0.25, 0.3) is 0 Å². The van der Waals surface area contributed by atoms with Crippen molar-refractivity contribution in [2.24, 2.45) is 0 Å². The van der Waals surface area contributed by atoms with E-state index in [0.717, 1.165) is 17.0 Å². The van der Waals surface area contributed by atoms with Crippen LogP contribution in [0.25, 0.3) is 0 Å². The standard InChI is InChI=1S/C17H19NO2S/c1-13-2-10-17(11-3-13)21(19,20)18-12-14-4-6-15(7-5-14)16-8-9-16/h2-7,10-11,16,18H,8-9,12H2,1H3. The zero-order valence-corrected chi connectivity index (χ0v) is 12.9. The Morgan fingerprint density at radius 3 is 2.19 bits per heavy atom. The molecule has 0 amide bonds. The van der Waals surface area contributed by atoms with Gasteiger partial charge in [-0.25, -0.2) is 13.1 Å². The van der Waals surface area contributed by atoms with Crippen LogP contribution >= 0.6 is 0 Å². The Labute approximate surface area is 126 Å². The summed E-state index contributed by atoms with van der Waals surface area (Å²) in [5.74, 6) is 0.725. The maximum absolute atomic E-state index is 12.2. The molecule has 0 spiro atoms. The lowest BCUT2D eigenvalue weighted by Gasteiger charge is -2.08. The molecule has 0 unspecified atom stereocenters. The van der Waals surface area contributed by atoms with Gasteiger partial charge in [0.1, 0.15) is 0 Å². The quantitative estimate of drug-likeness (QED) is 0.920. The van der Waals surface area contributed by atoms with E-state index in [2.05, 4.69) is 16.9 Å². The molecule has 0 bridgehead atoms. The fourth-order valence-electron chi connectivity index (χ4n) is 2.30. The van der Waals surface area contributed by atoms with Crippen molar-refractivity contribution >= 4 is 10.0 Å². The highest BCUT2D eigenvalue weighted by Crippen LogP contribution is 2.39. The van der Waals surface area contributed by atoms with E-state index in [4.69, 9.17) is 0 Å². The summed E-state index contributed by atoms with van der Waals surface area (Å²) in [5.41, 5.74) is 3.39. The van der Waals surface area contributed by atoms with Crippen LogP contribution in [0.3, 0.4) is 0 Å². The predicted molar refractivity (Wildman–Crippen MR) is 83.6 cm³/mol. The molecule has 0 aliphatic heterocycles. The molecule has 21 heavy (non-hydrogen) atoms. The summed E-state index contributed by atoms with van der Waals surface area (Å²) in [6.07, 6.45) is 2.55. The van der Waals surface area contributed by atoms with Crippen molar-refractivity contribution in [1.82, 2.24) is 4.72 Å². The first kappa shape index (κ1) is 14.3. The van der Waals surface area contributed by atoms with Gasteiger partial charge in [0.2, 0.25) is 10.0 Å². The van der Waals surface area contributed by atoms with E-state index in [1.165, 1.54) is 18.4 Å². The normalized spacial score (nSPS) is 15.1. The molecule has 1 aliphatic rings. The topological polar surface area (TPSA) is 46.2 Å². The Morgan fingerprint density at radius 2 is 1.62 bits per heavy atom. The second-order valence-corrected chi connectivity index (χ2v) is 7.42. The molecule has 0 saturated heterocycles. The highest BCUT2D eigenvalue weighted by atomic mass is 32.2. The molecule has 0 aromatic heterocycles. The number of hydrogen-bond acceptors (Lipinski definition) is 2. The van der Waals surface area contributed by atoms with Crippen molar-refractivity contribution in [3.63, 3.8) is 0 Å². The summed E-state index contributed by atoms with van der Waals surface area (Å²) in [4.78, 5) is 0.308. The van der Waals surface area contributed by atoms with Gasteiger partial charge in [0, 0.05) is 6.54 Å². The molecule has 0 radical (unpaired) electrons. The summed E-state index contributed by atoms with van der Waals surface area (Å²) in [5, 5.41) is 0. The Hall–Kier alpha value is -1.65. The largest absolute Gasteiger partial charge is 0.240 e. The van der Waals surface area contributed by atoms with Gasteiger partial charge in [-0.3, -0.25) is 0 Å². The molecule has 1 fully saturated rings. The fourth-order valence-corrected chi connectivity index (χ4v) is 3.32. The first-order valence-corrected chi connectivity index (χ1v) is 8.68. The highest BCUT2D eigenvalue weighted by molar-refractivity contribution is 7.89. The Kier molecular flexibility index (Phi) is 3.83. The monoisotopic (exact) mass is 301 g/mol. The van der Waals surface area contributed by atoms with Crippen LogP contribution in [0.5, 0.6) is 0 Å². The number of benzene rings is 2. The second-order valence-electron chi connectivity index (χ2n) is 5.65. The van der Waals surface area contributed by atoms with Crippen molar-refractivity contribution in [2.45, 2.75) is 37.1 Å². The molecular formula is C17H19NO2S. The Balaban J connectivity index is 1.66. The van der Waals surface area contributed by atoms with E-state index in [-0.39, 0.29) is 0 Å². The van der Waals surface area contributed by atoms with Crippen molar-refractivity contribution in [3.8, 4) is 0 Å². The second kappa shape index (κ2) is 5.62. The first-order chi connectivity index (χ1) is 10.0. The smallest absolute Gasteiger partial charge is 0.207 e. The molecule has 1 N–H and O–H groups in total. The summed E-state index contributed by atoms with van der Waals surface area (Å²) in [6, 6.07) is 15.1. The lowest BCUT2D eigenvalue weighted by atomic mass is 10.1. The third-order valence-corrected chi connectivity index (χ3v) is 5.24. The molecule has 110 valence electrons. The average Bonchev–Trinajstić information content (AvgIpc) is 3.31. The van der Waals surface area contributed by atoms with Crippen molar-refractivity contribution in [3.05, 3.63) is 65.2 Å². The van der Waals surface area contributed by atoms with Gasteiger partial charge in [-0.1, -0.05) is 42.0 Å². The lowest BCUT2D eigenvalue weighted by molar-refractivity contribution is 0.581. The van der Waals surface area contributed by atoms with Gasteiger partial charge in [-0.15, -0.1) is 0 Å². The Bertz CT molecular complexity index is 714. The van der Waals surface area contributed by atoms with Gasteiger partial charge < -0.3 is 0 Å². The zero-order chi connectivity index (χ0) is 14.9. The summed E-state index contributed by atoms with van der Waals surface area (Å²) >= 11 is 0. The number of nitrogens with one attached hydrogen (secondary N) is 1. The van der Waals surface area contributed by atoms with E-state index in [0.29, 0.717) is 11.4 Å². The summed E-state index contributed by atoms with van der Waals surface area (Å²) in [6.45, 7) is 2.26. The van der Waals surface area contributed by atoms with Crippen molar-refractivity contribution < 1.29 is 8.42 Å². The molecule has 1 saturated carbocycles. The van der Waals surface area contributed by atoms with Crippen LogP contribution in [-0.2, 0) is 16.6 Å². The molecule has 3 rings (SSSR count). The molecule has 4 heteroatoms. The summed E-state index contributed by atoms with van der Waals surface area (Å²) in [7, 11) is -3.44. The van der Waals surface area contributed by atoms with Gasteiger partial charge in [0.15, 0.2) is 0 Å². The van der Waals surface area contributed by atoms with Gasteiger partial charge >= 0.3 is 0 Å². The van der Waals surface area contributed by atoms with Crippen molar-refractivity contribution in [2.75, 3.05) is 0 Å². The average molecular weight is 301 g/mol. The predicted octanol–water partition coefficient (Wildman–Crippen LogP) is 3.35. The third kappa shape index (κ3) is 3.52. The highest BCUT2D eigenvalue weighted by Gasteiger charge is 2.23. The van der Waals surface area contributed by atoms with E-state index in [9.17, 15) is 8.42 Å². The van der Waals surface area contributed by atoms with Crippen LogP contribution in [0.15, 0.2) is 53.4 Å². The van der Waals surface area contributed by atoms with E-state index in [1.807, 2.05) is 19.1 Å².